The number of para-hydroxylation sites is 1. The average Bonchev–Trinajstić information content (AvgIpc) is 2.45. The summed E-state index contributed by atoms with van der Waals surface area (Å²) in [6.45, 7) is 5.41. The Morgan fingerprint density at radius 1 is 1.05 bits per heavy atom. The fourth-order valence-corrected chi connectivity index (χ4v) is 1.72. The molecule has 0 radical (unpaired) electrons. The van der Waals surface area contributed by atoms with E-state index < -0.39 is 0 Å². The third-order valence-electron chi connectivity index (χ3n) is 2.86. The number of nitrogens with one attached hydrogen (secondary N) is 3. The number of anilines is 1. The smallest absolute Gasteiger partial charge is 0.319 e. The fraction of sp³-hybridized carbons (Fsp3) is 0.500. The first-order chi connectivity index (χ1) is 10.1. The highest BCUT2D eigenvalue weighted by molar-refractivity contribution is 5.89. The van der Waals surface area contributed by atoms with Crippen molar-refractivity contribution in [1.29, 1.82) is 0 Å². The van der Waals surface area contributed by atoms with Gasteiger partial charge >= 0.3 is 6.03 Å². The van der Waals surface area contributed by atoms with Crippen molar-refractivity contribution >= 4 is 17.6 Å². The van der Waals surface area contributed by atoms with Gasteiger partial charge in [-0.2, -0.15) is 0 Å². The van der Waals surface area contributed by atoms with Crippen molar-refractivity contribution in [3.05, 3.63) is 30.3 Å². The van der Waals surface area contributed by atoms with E-state index >= 15 is 0 Å². The summed E-state index contributed by atoms with van der Waals surface area (Å²) >= 11 is 0. The third-order valence-corrected chi connectivity index (χ3v) is 2.86. The lowest BCUT2D eigenvalue weighted by Gasteiger charge is -2.08. The maximum absolute atomic E-state index is 11.6. The van der Waals surface area contributed by atoms with Crippen LogP contribution in [0.1, 0.15) is 33.1 Å². The summed E-state index contributed by atoms with van der Waals surface area (Å²) in [5.74, 6) is 0.551. The SMILES string of the molecule is CC(C)CNC(=O)CCCCNC(=O)Nc1ccccc1. The lowest BCUT2D eigenvalue weighted by atomic mass is 10.2. The van der Waals surface area contributed by atoms with E-state index in [4.69, 9.17) is 0 Å². The molecule has 0 atom stereocenters. The van der Waals surface area contributed by atoms with Gasteiger partial charge in [-0.15, -0.1) is 0 Å². The van der Waals surface area contributed by atoms with Gasteiger partial charge in [0, 0.05) is 25.2 Å². The number of hydrogen-bond donors (Lipinski definition) is 3. The van der Waals surface area contributed by atoms with Gasteiger partial charge in [0.1, 0.15) is 0 Å². The Bertz CT molecular complexity index is 432. The van der Waals surface area contributed by atoms with Crippen molar-refractivity contribution in [2.45, 2.75) is 33.1 Å². The van der Waals surface area contributed by atoms with Crippen molar-refractivity contribution in [3.8, 4) is 0 Å². The van der Waals surface area contributed by atoms with E-state index in [-0.39, 0.29) is 11.9 Å². The number of amides is 3. The number of unbranched alkanes of at least 4 members (excludes halogenated alkanes) is 1. The van der Waals surface area contributed by atoms with Crippen LogP contribution in [0.15, 0.2) is 30.3 Å². The molecule has 5 nitrogen and oxygen atoms in total. The molecule has 0 bridgehead atoms. The highest BCUT2D eigenvalue weighted by Crippen LogP contribution is 2.04. The highest BCUT2D eigenvalue weighted by Gasteiger charge is 2.03. The molecule has 0 aliphatic heterocycles. The summed E-state index contributed by atoms with van der Waals surface area (Å²) in [5, 5.41) is 8.39. The summed E-state index contributed by atoms with van der Waals surface area (Å²) in [6, 6.07) is 9.08. The molecule has 0 aromatic heterocycles. The van der Waals surface area contributed by atoms with Crippen molar-refractivity contribution < 1.29 is 9.59 Å². The van der Waals surface area contributed by atoms with Gasteiger partial charge in [0.25, 0.3) is 0 Å². The minimum atomic E-state index is -0.217. The molecule has 116 valence electrons. The molecule has 0 heterocycles. The van der Waals surface area contributed by atoms with Crippen LogP contribution in [0.25, 0.3) is 0 Å². The summed E-state index contributed by atoms with van der Waals surface area (Å²) < 4.78 is 0. The van der Waals surface area contributed by atoms with Gasteiger partial charge in [-0.3, -0.25) is 4.79 Å². The molecular weight excluding hydrogens is 266 g/mol. The maximum Gasteiger partial charge on any atom is 0.319 e. The molecule has 1 aromatic rings. The molecule has 0 aliphatic carbocycles. The highest BCUT2D eigenvalue weighted by atomic mass is 16.2. The molecule has 0 aliphatic rings. The largest absolute Gasteiger partial charge is 0.356 e. The Labute approximate surface area is 126 Å². The maximum atomic E-state index is 11.6. The summed E-state index contributed by atoms with van der Waals surface area (Å²) in [7, 11) is 0. The summed E-state index contributed by atoms with van der Waals surface area (Å²) in [4.78, 5) is 23.1. The van der Waals surface area contributed by atoms with E-state index in [1.54, 1.807) is 0 Å². The monoisotopic (exact) mass is 291 g/mol. The number of hydrogen-bond acceptors (Lipinski definition) is 2. The van der Waals surface area contributed by atoms with Crippen molar-refractivity contribution in [2.24, 2.45) is 5.92 Å². The van der Waals surface area contributed by atoms with Crippen LogP contribution in [0.4, 0.5) is 10.5 Å². The van der Waals surface area contributed by atoms with Crippen molar-refractivity contribution in [1.82, 2.24) is 10.6 Å². The first-order valence-electron chi connectivity index (χ1n) is 7.44. The van der Waals surface area contributed by atoms with Gasteiger partial charge in [0.15, 0.2) is 0 Å². The molecule has 3 amide bonds. The van der Waals surface area contributed by atoms with Crippen LogP contribution >= 0.6 is 0 Å². The van der Waals surface area contributed by atoms with E-state index in [0.29, 0.717) is 18.9 Å². The van der Waals surface area contributed by atoms with Gasteiger partial charge in [-0.05, 0) is 30.9 Å². The van der Waals surface area contributed by atoms with Crippen LogP contribution < -0.4 is 16.0 Å². The van der Waals surface area contributed by atoms with E-state index in [9.17, 15) is 9.59 Å². The van der Waals surface area contributed by atoms with Gasteiger partial charge in [-0.1, -0.05) is 32.0 Å². The van der Waals surface area contributed by atoms with E-state index in [0.717, 1.165) is 25.1 Å². The molecule has 0 saturated carbocycles. The topological polar surface area (TPSA) is 70.2 Å². The van der Waals surface area contributed by atoms with Gasteiger partial charge in [0.2, 0.25) is 5.91 Å². The molecule has 0 unspecified atom stereocenters. The molecule has 1 rings (SSSR count). The second-order valence-corrected chi connectivity index (χ2v) is 5.40. The Balaban J connectivity index is 2.03. The molecule has 1 aromatic carbocycles. The first-order valence-corrected chi connectivity index (χ1v) is 7.44. The fourth-order valence-electron chi connectivity index (χ4n) is 1.72. The normalized spacial score (nSPS) is 10.2. The quantitative estimate of drug-likeness (QED) is 0.645. The lowest BCUT2D eigenvalue weighted by Crippen LogP contribution is -2.30. The van der Waals surface area contributed by atoms with E-state index in [2.05, 4.69) is 29.8 Å². The summed E-state index contributed by atoms with van der Waals surface area (Å²) in [5.41, 5.74) is 0.767. The predicted octanol–water partition coefficient (Wildman–Crippen LogP) is 2.75. The van der Waals surface area contributed by atoms with E-state index in [1.165, 1.54) is 0 Å². The zero-order valence-electron chi connectivity index (χ0n) is 12.8. The van der Waals surface area contributed by atoms with Crippen LogP contribution in [0.5, 0.6) is 0 Å². The second-order valence-electron chi connectivity index (χ2n) is 5.40. The standard InChI is InChI=1S/C16H25N3O2/c1-13(2)12-18-15(20)10-6-7-11-17-16(21)19-14-8-4-3-5-9-14/h3-5,8-9,13H,6-7,10-12H2,1-2H3,(H,18,20)(H2,17,19,21). The Morgan fingerprint density at radius 2 is 1.76 bits per heavy atom. The predicted molar refractivity (Wildman–Crippen MR) is 85.2 cm³/mol. The molecule has 5 heteroatoms. The number of benzene rings is 1. The second kappa shape index (κ2) is 9.80. The van der Waals surface area contributed by atoms with Crippen LogP contribution in [0.2, 0.25) is 0 Å². The number of urea groups is 1. The van der Waals surface area contributed by atoms with Crippen LogP contribution in [0.3, 0.4) is 0 Å². The number of rotatable bonds is 8. The minimum absolute atomic E-state index is 0.0810. The lowest BCUT2D eigenvalue weighted by molar-refractivity contribution is -0.121. The minimum Gasteiger partial charge on any atom is -0.356 e. The van der Waals surface area contributed by atoms with Crippen LogP contribution in [0, 0.1) is 5.92 Å². The Hall–Kier alpha value is -2.04. The van der Waals surface area contributed by atoms with Crippen molar-refractivity contribution in [2.75, 3.05) is 18.4 Å². The van der Waals surface area contributed by atoms with Crippen molar-refractivity contribution in [3.63, 3.8) is 0 Å². The zero-order valence-corrected chi connectivity index (χ0v) is 12.8. The van der Waals surface area contributed by atoms with Gasteiger partial charge in [-0.25, -0.2) is 4.79 Å². The summed E-state index contributed by atoms with van der Waals surface area (Å²) in [6.07, 6.45) is 2.07. The third kappa shape index (κ3) is 8.68. The van der Waals surface area contributed by atoms with Gasteiger partial charge in [0.05, 0.1) is 0 Å². The first kappa shape index (κ1) is 17.0. The Kier molecular flexibility index (Phi) is 7.94. The number of carbonyl (C=O) groups is 2. The Morgan fingerprint density at radius 3 is 2.43 bits per heavy atom. The molecule has 0 fully saturated rings. The molecule has 3 N–H and O–H groups in total. The number of carbonyl (C=O) groups excluding carboxylic acids is 2. The average molecular weight is 291 g/mol. The van der Waals surface area contributed by atoms with Crippen LogP contribution in [-0.4, -0.2) is 25.0 Å². The molecule has 0 spiro atoms. The van der Waals surface area contributed by atoms with Crippen LogP contribution in [-0.2, 0) is 4.79 Å². The molecular formula is C16H25N3O2. The molecule has 0 saturated heterocycles. The zero-order chi connectivity index (χ0) is 15.5. The van der Waals surface area contributed by atoms with E-state index in [1.807, 2.05) is 30.3 Å². The molecule has 21 heavy (non-hydrogen) atoms. The van der Waals surface area contributed by atoms with Gasteiger partial charge < -0.3 is 16.0 Å².